The molecule has 2 aromatic rings. The molecule has 1 aromatic heterocycles. The molecule has 0 saturated carbocycles. The van der Waals surface area contributed by atoms with Crippen LogP contribution in [0.15, 0.2) is 140 Å². The first-order chi connectivity index (χ1) is 23.4. The van der Waals surface area contributed by atoms with E-state index in [0.29, 0.717) is 12.8 Å². The molecule has 2 N–H and O–H groups in total. The molecule has 7 rings (SSSR count). The van der Waals surface area contributed by atoms with E-state index in [1.54, 1.807) is 0 Å². The number of allylic oxidation sites excluding steroid dienone is 9. The van der Waals surface area contributed by atoms with Crippen LogP contribution >= 0.6 is 0 Å². The number of nitrogens with zero attached hydrogens (tertiary/aromatic N) is 4. The van der Waals surface area contributed by atoms with Gasteiger partial charge >= 0.3 is 11.9 Å². The molecule has 0 radical (unpaired) electrons. The average molecular weight is 639 g/mol. The molecule has 48 heavy (non-hydrogen) atoms. The zero-order chi connectivity index (χ0) is 33.2. The maximum Gasteiger partial charge on any atom is 0.305 e. The molecule has 0 spiro atoms. The Bertz CT molecular complexity index is 2060. The highest BCUT2D eigenvalue weighted by Gasteiger charge is 2.28. The number of benzene rings is 1. The van der Waals surface area contributed by atoms with E-state index in [1.165, 1.54) is 14.2 Å². The Morgan fingerprint density at radius 1 is 0.688 bits per heavy atom. The summed E-state index contributed by atoms with van der Waals surface area (Å²) in [7, 11) is 4.76. The van der Waals surface area contributed by atoms with Crippen molar-refractivity contribution >= 4 is 40.2 Å². The molecular formula is C38H34N6O4. The van der Waals surface area contributed by atoms with Crippen molar-refractivity contribution in [3.63, 3.8) is 0 Å². The van der Waals surface area contributed by atoms with Gasteiger partial charge in [0, 0.05) is 60.4 Å². The fraction of sp³-hybridized carbons (Fsp3) is 0.184. The highest BCUT2D eigenvalue weighted by atomic mass is 16.5. The molecule has 0 atom stereocenters. The molecule has 8 bridgehead atoms. The van der Waals surface area contributed by atoms with Crippen LogP contribution in [0.3, 0.4) is 0 Å². The number of methoxy groups -OCH3 is 2. The SMILES string of the molecule is COC(=O)CCC1=C2C=CC(=N2)/C(=C2/NC=CN2C)C2=NC(=C(CCC(=O)OC)c3ccc([nH]3)C(c3ccccc3)=C3C=CC1=N3)C=C2. The number of fused-ring (bicyclic) bond motifs is 5. The molecule has 5 aliphatic heterocycles. The Balaban J connectivity index is 1.49. The monoisotopic (exact) mass is 638 g/mol. The number of H-pyrrole nitrogens is 1. The van der Waals surface area contributed by atoms with Crippen LogP contribution in [0, 0.1) is 0 Å². The minimum absolute atomic E-state index is 0.186. The number of ether oxygens (including phenoxy) is 2. The van der Waals surface area contributed by atoms with Crippen molar-refractivity contribution in [3.05, 3.63) is 142 Å². The molecule has 0 fully saturated rings. The number of esters is 2. The lowest BCUT2D eigenvalue weighted by Crippen LogP contribution is -2.23. The van der Waals surface area contributed by atoms with E-state index in [2.05, 4.69) is 22.4 Å². The van der Waals surface area contributed by atoms with E-state index in [0.717, 1.165) is 79.3 Å². The predicted octanol–water partition coefficient (Wildman–Crippen LogP) is 5.91. The third-order valence-corrected chi connectivity index (χ3v) is 8.68. The molecular weight excluding hydrogens is 604 g/mol. The Morgan fingerprint density at radius 3 is 1.92 bits per heavy atom. The van der Waals surface area contributed by atoms with Crippen molar-refractivity contribution in [1.29, 1.82) is 0 Å². The van der Waals surface area contributed by atoms with Gasteiger partial charge in [0.2, 0.25) is 0 Å². The predicted molar refractivity (Wildman–Crippen MR) is 186 cm³/mol. The van der Waals surface area contributed by atoms with E-state index >= 15 is 0 Å². The largest absolute Gasteiger partial charge is 0.469 e. The van der Waals surface area contributed by atoms with Crippen LogP contribution in [-0.2, 0) is 19.1 Å². The number of hydrogen-bond acceptors (Lipinski definition) is 9. The number of aromatic nitrogens is 1. The first-order valence-corrected chi connectivity index (χ1v) is 15.7. The van der Waals surface area contributed by atoms with Gasteiger partial charge < -0.3 is 24.7 Å². The number of aromatic amines is 1. The summed E-state index contributed by atoms with van der Waals surface area (Å²) in [6.45, 7) is 0. The van der Waals surface area contributed by atoms with E-state index in [1.807, 2.05) is 91.1 Å². The van der Waals surface area contributed by atoms with Crippen LogP contribution in [0.25, 0.3) is 11.1 Å². The summed E-state index contributed by atoms with van der Waals surface area (Å²) in [5, 5.41) is 3.35. The fourth-order valence-corrected chi connectivity index (χ4v) is 6.24. The lowest BCUT2D eigenvalue weighted by Gasteiger charge is -2.17. The molecule has 10 nitrogen and oxygen atoms in total. The summed E-state index contributed by atoms with van der Waals surface area (Å²) in [6.07, 6.45) is 16.9. The lowest BCUT2D eigenvalue weighted by molar-refractivity contribution is -0.141. The van der Waals surface area contributed by atoms with E-state index in [9.17, 15) is 9.59 Å². The minimum Gasteiger partial charge on any atom is -0.469 e. The quantitative estimate of drug-likeness (QED) is 0.364. The van der Waals surface area contributed by atoms with Gasteiger partial charge in [-0.05, 0) is 67.0 Å². The number of nitrogens with one attached hydrogen (secondary N) is 2. The minimum atomic E-state index is -0.304. The van der Waals surface area contributed by atoms with Crippen molar-refractivity contribution < 1.29 is 19.1 Å². The van der Waals surface area contributed by atoms with Gasteiger partial charge in [-0.25, -0.2) is 15.0 Å². The summed E-state index contributed by atoms with van der Waals surface area (Å²) in [4.78, 5) is 45.7. The van der Waals surface area contributed by atoms with E-state index in [4.69, 9.17) is 24.5 Å². The Labute approximate surface area is 278 Å². The zero-order valence-corrected chi connectivity index (χ0v) is 26.9. The van der Waals surface area contributed by atoms with Gasteiger partial charge in [-0.15, -0.1) is 0 Å². The third-order valence-electron chi connectivity index (χ3n) is 8.68. The highest BCUT2D eigenvalue weighted by Crippen LogP contribution is 2.36. The maximum atomic E-state index is 12.3. The molecule has 5 aliphatic rings. The molecule has 240 valence electrons. The van der Waals surface area contributed by atoms with Crippen LogP contribution < -0.4 is 5.32 Å². The van der Waals surface area contributed by atoms with Crippen LogP contribution in [-0.4, -0.2) is 60.2 Å². The Hall–Kier alpha value is -6.03. The number of carbonyl (C=O) groups excluding carboxylic acids is 2. The first kappa shape index (κ1) is 30.6. The van der Waals surface area contributed by atoms with Crippen molar-refractivity contribution in [1.82, 2.24) is 15.2 Å². The number of carbonyl (C=O) groups is 2. The van der Waals surface area contributed by atoms with Gasteiger partial charge in [-0.3, -0.25) is 9.59 Å². The Kier molecular flexibility index (Phi) is 8.29. The van der Waals surface area contributed by atoms with Gasteiger partial charge in [0.15, 0.2) is 0 Å². The van der Waals surface area contributed by atoms with E-state index in [-0.39, 0.29) is 24.8 Å². The molecule has 10 heteroatoms. The molecule has 6 heterocycles. The second-order valence-electron chi connectivity index (χ2n) is 11.6. The average Bonchev–Trinajstić information content (AvgIpc) is 3.95. The molecule has 0 saturated heterocycles. The summed E-state index contributed by atoms with van der Waals surface area (Å²) in [6, 6.07) is 14.2. The van der Waals surface area contributed by atoms with Crippen LogP contribution in [0.2, 0.25) is 0 Å². The highest BCUT2D eigenvalue weighted by molar-refractivity contribution is 6.34. The second kappa shape index (κ2) is 13.0. The zero-order valence-electron chi connectivity index (χ0n) is 26.9. The number of aliphatic imine (C=N–C) groups is 3. The van der Waals surface area contributed by atoms with Crippen molar-refractivity contribution in [2.45, 2.75) is 25.7 Å². The smallest absolute Gasteiger partial charge is 0.305 e. The topological polar surface area (TPSA) is 121 Å². The normalized spacial score (nSPS) is 19.3. The van der Waals surface area contributed by atoms with Gasteiger partial charge in [0.05, 0.1) is 54.0 Å². The summed E-state index contributed by atoms with van der Waals surface area (Å²) < 4.78 is 9.99. The van der Waals surface area contributed by atoms with Gasteiger partial charge in [0.25, 0.3) is 0 Å². The van der Waals surface area contributed by atoms with Gasteiger partial charge in [-0.1, -0.05) is 30.3 Å². The number of rotatable bonds is 7. The van der Waals surface area contributed by atoms with Crippen LogP contribution in [0.5, 0.6) is 0 Å². The van der Waals surface area contributed by atoms with E-state index < -0.39 is 0 Å². The molecule has 0 unspecified atom stereocenters. The van der Waals surface area contributed by atoms with Gasteiger partial charge in [-0.2, -0.15) is 0 Å². The lowest BCUT2D eigenvalue weighted by atomic mass is 10.0. The standard InChI is InChI=1S/C38H34N6O4/c1-44-22-21-39-38(44)37-32-17-13-28(42-32)24(9-19-34(45)47-2)26-11-15-30(40-26)36(23-7-5-4-6-8-23)31-16-12-27(41-31)25(10-20-35(46)48-3)29-14-18-33(37)43-29/h4-8,11-18,21-22,39-40H,9-10,19-20H2,1-3H3/b28-24?,29-25?,36-31?,38-37-. The van der Waals surface area contributed by atoms with Crippen molar-refractivity contribution in [3.8, 4) is 0 Å². The summed E-state index contributed by atoms with van der Waals surface area (Å²) in [5.74, 6) is 0.231. The summed E-state index contributed by atoms with van der Waals surface area (Å²) in [5.41, 5.74) is 10.6. The second-order valence-corrected chi connectivity index (χ2v) is 11.6. The Morgan fingerprint density at radius 2 is 1.27 bits per heavy atom. The number of hydrogen-bond donors (Lipinski definition) is 2. The van der Waals surface area contributed by atoms with Crippen LogP contribution in [0.4, 0.5) is 0 Å². The molecule has 0 amide bonds. The third kappa shape index (κ3) is 5.84. The van der Waals surface area contributed by atoms with Gasteiger partial charge in [0.1, 0.15) is 5.82 Å². The first-order valence-electron chi connectivity index (χ1n) is 15.7. The molecule has 1 aromatic carbocycles. The molecule has 0 aliphatic carbocycles. The van der Waals surface area contributed by atoms with Crippen molar-refractivity contribution in [2.75, 3.05) is 21.3 Å². The van der Waals surface area contributed by atoms with Crippen molar-refractivity contribution in [2.24, 2.45) is 15.0 Å². The summed E-state index contributed by atoms with van der Waals surface area (Å²) >= 11 is 0. The van der Waals surface area contributed by atoms with Crippen LogP contribution in [0.1, 0.15) is 42.6 Å². The fourth-order valence-electron chi connectivity index (χ4n) is 6.24. The maximum absolute atomic E-state index is 12.3.